The van der Waals surface area contributed by atoms with Gasteiger partial charge in [-0.2, -0.15) is 0 Å². The summed E-state index contributed by atoms with van der Waals surface area (Å²) in [6.45, 7) is 2.26. The summed E-state index contributed by atoms with van der Waals surface area (Å²) in [7, 11) is 6.01. The summed E-state index contributed by atoms with van der Waals surface area (Å²) in [5, 5.41) is 4.48. The third kappa shape index (κ3) is 5.02. The average Bonchev–Trinajstić information content (AvgIpc) is 3.20. The third-order valence-corrected chi connectivity index (χ3v) is 5.88. The van der Waals surface area contributed by atoms with Crippen LogP contribution < -0.4 is 5.32 Å². The second-order valence-corrected chi connectivity index (χ2v) is 8.66. The number of benzene rings is 2. The van der Waals surface area contributed by atoms with Crippen molar-refractivity contribution in [1.29, 1.82) is 0 Å². The predicted molar refractivity (Wildman–Crippen MR) is 125 cm³/mol. The van der Waals surface area contributed by atoms with Crippen LogP contribution in [0.3, 0.4) is 0 Å². The second-order valence-electron chi connectivity index (χ2n) is 8.66. The van der Waals surface area contributed by atoms with Gasteiger partial charge in [0.2, 0.25) is 5.91 Å². The SMILES string of the molecule is CN(C)CCCNc1nc(CN(C)C(=O)C2Cc3ccccc3C2)nc2ccccc12. The maximum atomic E-state index is 13.1. The Kier molecular flexibility index (Phi) is 6.47. The van der Waals surface area contributed by atoms with E-state index in [4.69, 9.17) is 9.97 Å². The quantitative estimate of drug-likeness (QED) is 0.570. The Morgan fingerprint density at radius 3 is 2.39 bits per heavy atom. The summed E-state index contributed by atoms with van der Waals surface area (Å²) in [5.41, 5.74) is 3.48. The van der Waals surface area contributed by atoms with Crippen molar-refractivity contribution in [3.8, 4) is 0 Å². The molecule has 6 heteroatoms. The van der Waals surface area contributed by atoms with Crippen molar-refractivity contribution in [2.75, 3.05) is 39.5 Å². The molecule has 1 aromatic heterocycles. The number of para-hydroxylation sites is 1. The Labute approximate surface area is 184 Å². The van der Waals surface area contributed by atoms with Crippen LogP contribution in [0.1, 0.15) is 23.4 Å². The molecule has 0 fully saturated rings. The van der Waals surface area contributed by atoms with Gasteiger partial charge in [-0.3, -0.25) is 4.79 Å². The van der Waals surface area contributed by atoms with Crippen molar-refractivity contribution >= 4 is 22.6 Å². The van der Waals surface area contributed by atoms with Crippen molar-refractivity contribution in [3.05, 3.63) is 65.5 Å². The number of fused-ring (bicyclic) bond motifs is 2. The number of rotatable bonds is 8. The van der Waals surface area contributed by atoms with Crippen LogP contribution in [0.15, 0.2) is 48.5 Å². The van der Waals surface area contributed by atoms with E-state index in [2.05, 4.69) is 36.4 Å². The molecular formula is C25H31N5O. The molecular weight excluding hydrogens is 386 g/mol. The minimum absolute atomic E-state index is 0.00600. The fraction of sp³-hybridized carbons (Fsp3) is 0.400. The van der Waals surface area contributed by atoms with Gasteiger partial charge in [0.1, 0.15) is 5.82 Å². The standard InChI is InChI=1S/C25H31N5O/c1-29(2)14-8-13-26-24-21-11-6-7-12-22(21)27-23(28-24)17-30(3)25(31)20-15-18-9-4-5-10-19(18)16-20/h4-7,9-12,20H,8,13-17H2,1-3H3,(H,26,27,28). The van der Waals surface area contributed by atoms with Gasteiger partial charge in [-0.05, 0) is 63.2 Å². The highest BCUT2D eigenvalue weighted by atomic mass is 16.2. The molecule has 0 radical (unpaired) electrons. The summed E-state index contributed by atoms with van der Waals surface area (Å²) in [5.74, 6) is 1.67. The highest BCUT2D eigenvalue weighted by Gasteiger charge is 2.29. The molecule has 0 saturated carbocycles. The summed E-state index contributed by atoms with van der Waals surface area (Å²) in [4.78, 5) is 26.5. The van der Waals surface area contributed by atoms with Crippen LogP contribution in [0.2, 0.25) is 0 Å². The Bertz CT molecular complexity index is 1040. The van der Waals surface area contributed by atoms with Crippen LogP contribution in [0.5, 0.6) is 0 Å². The fourth-order valence-electron chi connectivity index (χ4n) is 4.27. The lowest BCUT2D eigenvalue weighted by Crippen LogP contribution is -2.33. The van der Waals surface area contributed by atoms with Crippen LogP contribution in [-0.2, 0) is 24.2 Å². The lowest BCUT2D eigenvalue weighted by atomic mass is 10.1. The van der Waals surface area contributed by atoms with E-state index in [1.807, 2.05) is 43.4 Å². The van der Waals surface area contributed by atoms with Crippen LogP contribution in [0.25, 0.3) is 10.9 Å². The lowest BCUT2D eigenvalue weighted by molar-refractivity contribution is -0.134. The molecule has 1 amide bonds. The monoisotopic (exact) mass is 417 g/mol. The molecule has 0 atom stereocenters. The maximum absolute atomic E-state index is 13.1. The number of carbonyl (C=O) groups excluding carboxylic acids is 1. The van der Waals surface area contributed by atoms with Crippen molar-refractivity contribution in [2.45, 2.75) is 25.8 Å². The molecule has 0 aliphatic heterocycles. The Morgan fingerprint density at radius 2 is 1.68 bits per heavy atom. The van der Waals surface area contributed by atoms with E-state index in [-0.39, 0.29) is 11.8 Å². The molecule has 0 bridgehead atoms. The van der Waals surface area contributed by atoms with E-state index in [0.717, 1.165) is 49.1 Å². The zero-order valence-electron chi connectivity index (χ0n) is 18.6. The number of anilines is 1. The fourth-order valence-corrected chi connectivity index (χ4v) is 4.27. The minimum Gasteiger partial charge on any atom is -0.369 e. The molecule has 2 aromatic carbocycles. The van der Waals surface area contributed by atoms with Crippen molar-refractivity contribution in [1.82, 2.24) is 19.8 Å². The number of nitrogens with zero attached hydrogens (tertiary/aromatic N) is 4. The molecule has 162 valence electrons. The molecule has 4 rings (SSSR count). The van der Waals surface area contributed by atoms with Gasteiger partial charge in [-0.15, -0.1) is 0 Å². The Balaban J connectivity index is 1.46. The van der Waals surface area contributed by atoms with Gasteiger partial charge in [0, 0.05) is 24.9 Å². The molecule has 0 saturated heterocycles. The topological polar surface area (TPSA) is 61.4 Å². The third-order valence-electron chi connectivity index (χ3n) is 5.88. The first-order valence-electron chi connectivity index (χ1n) is 11.0. The first-order valence-corrected chi connectivity index (χ1v) is 11.0. The highest BCUT2D eigenvalue weighted by Crippen LogP contribution is 2.28. The first kappa shape index (κ1) is 21.2. The minimum atomic E-state index is 0.00600. The lowest BCUT2D eigenvalue weighted by Gasteiger charge is -2.21. The number of aromatic nitrogens is 2. The molecule has 1 aliphatic rings. The van der Waals surface area contributed by atoms with Gasteiger partial charge >= 0.3 is 0 Å². The molecule has 6 nitrogen and oxygen atoms in total. The number of hydrogen-bond donors (Lipinski definition) is 1. The van der Waals surface area contributed by atoms with Gasteiger partial charge < -0.3 is 15.1 Å². The van der Waals surface area contributed by atoms with Gasteiger partial charge in [0.15, 0.2) is 5.82 Å². The van der Waals surface area contributed by atoms with E-state index in [0.29, 0.717) is 12.4 Å². The number of amides is 1. The highest BCUT2D eigenvalue weighted by molar-refractivity contribution is 5.89. The Hall–Kier alpha value is -2.99. The predicted octanol–water partition coefficient (Wildman–Crippen LogP) is 3.37. The molecule has 3 aromatic rings. The molecule has 1 N–H and O–H groups in total. The van der Waals surface area contributed by atoms with E-state index in [1.165, 1.54) is 11.1 Å². The molecule has 0 unspecified atom stereocenters. The molecule has 0 spiro atoms. The normalized spacial score (nSPS) is 13.5. The molecule has 31 heavy (non-hydrogen) atoms. The smallest absolute Gasteiger partial charge is 0.226 e. The van der Waals surface area contributed by atoms with E-state index in [1.54, 1.807) is 4.90 Å². The number of hydrogen-bond acceptors (Lipinski definition) is 5. The second kappa shape index (κ2) is 9.43. The van der Waals surface area contributed by atoms with Crippen LogP contribution >= 0.6 is 0 Å². The van der Waals surface area contributed by atoms with E-state index in [9.17, 15) is 4.79 Å². The first-order chi connectivity index (χ1) is 15.0. The van der Waals surface area contributed by atoms with Crippen molar-refractivity contribution < 1.29 is 4.79 Å². The van der Waals surface area contributed by atoms with Gasteiger partial charge in [-0.1, -0.05) is 36.4 Å². The summed E-state index contributed by atoms with van der Waals surface area (Å²) >= 11 is 0. The number of nitrogens with one attached hydrogen (secondary N) is 1. The molecule has 1 heterocycles. The summed E-state index contributed by atoms with van der Waals surface area (Å²) < 4.78 is 0. The zero-order valence-corrected chi connectivity index (χ0v) is 18.6. The zero-order chi connectivity index (χ0) is 21.8. The largest absolute Gasteiger partial charge is 0.369 e. The van der Waals surface area contributed by atoms with E-state index >= 15 is 0 Å². The van der Waals surface area contributed by atoms with Crippen LogP contribution in [0.4, 0.5) is 5.82 Å². The molecule has 1 aliphatic carbocycles. The van der Waals surface area contributed by atoms with Crippen LogP contribution in [0, 0.1) is 5.92 Å². The van der Waals surface area contributed by atoms with Gasteiger partial charge in [-0.25, -0.2) is 9.97 Å². The Morgan fingerprint density at radius 1 is 1.00 bits per heavy atom. The summed E-state index contributed by atoms with van der Waals surface area (Å²) in [6, 6.07) is 16.4. The van der Waals surface area contributed by atoms with Crippen molar-refractivity contribution in [3.63, 3.8) is 0 Å². The van der Waals surface area contributed by atoms with Gasteiger partial charge in [0.05, 0.1) is 12.1 Å². The van der Waals surface area contributed by atoms with Crippen LogP contribution in [-0.4, -0.2) is 59.9 Å². The average molecular weight is 418 g/mol. The number of carbonyl (C=O) groups is 1. The summed E-state index contributed by atoms with van der Waals surface area (Å²) in [6.07, 6.45) is 2.66. The van der Waals surface area contributed by atoms with E-state index < -0.39 is 0 Å². The van der Waals surface area contributed by atoms with Gasteiger partial charge in [0.25, 0.3) is 0 Å². The van der Waals surface area contributed by atoms with Crippen molar-refractivity contribution in [2.24, 2.45) is 5.92 Å². The maximum Gasteiger partial charge on any atom is 0.226 e.